The molecule has 1 N–H and O–H groups in total. The number of rotatable bonds is 3. The van der Waals surface area contributed by atoms with Crippen molar-refractivity contribution in [2.45, 2.75) is 20.4 Å². The second-order valence-electron chi connectivity index (χ2n) is 5.32. The summed E-state index contributed by atoms with van der Waals surface area (Å²) in [5, 5.41) is 4.78. The van der Waals surface area contributed by atoms with Crippen molar-refractivity contribution in [3.8, 4) is 0 Å². The Kier molecular flexibility index (Phi) is 4.13. The van der Waals surface area contributed by atoms with Crippen molar-refractivity contribution in [1.29, 1.82) is 0 Å². The van der Waals surface area contributed by atoms with Gasteiger partial charge in [0, 0.05) is 6.54 Å². The Hall–Kier alpha value is -2.27. The molecule has 118 valence electrons. The summed E-state index contributed by atoms with van der Waals surface area (Å²) in [6.07, 6.45) is -1.15. The molecule has 0 amide bonds. The maximum atomic E-state index is 13.4. The maximum absolute atomic E-state index is 13.4. The first kappa shape index (κ1) is 15.6. The first-order chi connectivity index (χ1) is 11.0. The minimum atomic E-state index is -1.15. The molecule has 0 aliphatic heterocycles. The van der Waals surface area contributed by atoms with E-state index in [1.54, 1.807) is 0 Å². The third kappa shape index (κ3) is 2.97. The normalized spacial score (nSPS) is 11.0. The maximum Gasteiger partial charge on any atom is 0.313 e. The summed E-state index contributed by atoms with van der Waals surface area (Å²) in [6.45, 7) is 4.47. The van der Waals surface area contributed by atoms with Gasteiger partial charge < -0.3 is 5.32 Å². The van der Waals surface area contributed by atoms with Crippen molar-refractivity contribution < 1.29 is 8.78 Å². The highest BCUT2D eigenvalue weighted by Crippen LogP contribution is 2.26. The molecule has 23 heavy (non-hydrogen) atoms. The number of aryl methyl sites for hydroxylation is 2. The van der Waals surface area contributed by atoms with E-state index < -0.39 is 12.0 Å². The molecule has 0 fully saturated rings. The predicted octanol–water partition coefficient (Wildman–Crippen LogP) is 4.79. The number of nitrogens with zero attached hydrogens (tertiary/aromatic N) is 2. The van der Waals surface area contributed by atoms with Gasteiger partial charge in [-0.15, -0.1) is 0 Å². The fraction of sp³-hybridized carbons (Fsp3) is 0.176. The van der Waals surface area contributed by atoms with Crippen LogP contribution in [0, 0.1) is 25.9 Å². The van der Waals surface area contributed by atoms with Gasteiger partial charge >= 0.3 is 6.08 Å². The van der Waals surface area contributed by atoms with Crippen molar-refractivity contribution in [2.24, 2.45) is 0 Å². The minimum Gasteiger partial charge on any atom is -0.364 e. The molecule has 0 saturated carbocycles. The molecule has 3 rings (SSSR count). The van der Waals surface area contributed by atoms with Crippen LogP contribution in [0.2, 0.25) is 5.02 Å². The number of fused-ring (bicyclic) bond motifs is 1. The van der Waals surface area contributed by atoms with E-state index in [1.807, 2.05) is 18.2 Å². The van der Waals surface area contributed by atoms with Crippen molar-refractivity contribution in [3.63, 3.8) is 0 Å². The molecule has 0 saturated heterocycles. The van der Waals surface area contributed by atoms with Gasteiger partial charge in [-0.3, -0.25) is 0 Å². The van der Waals surface area contributed by atoms with Gasteiger partial charge in [0.2, 0.25) is 5.95 Å². The summed E-state index contributed by atoms with van der Waals surface area (Å²) in [4.78, 5) is 6.44. The van der Waals surface area contributed by atoms with Crippen LogP contribution in [0.25, 0.3) is 10.8 Å². The summed E-state index contributed by atoms with van der Waals surface area (Å²) in [5.74, 6) is -1.14. The highest BCUT2D eigenvalue weighted by atomic mass is 35.5. The monoisotopic (exact) mass is 333 g/mol. The van der Waals surface area contributed by atoms with Crippen LogP contribution in [-0.4, -0.2) is 9.97 Å². The van der Waals surface area contributed by atoms with Gasteiger partial charge in [0.15, 0.2) is 5.82 Å². The Morgan fingerprint density at radius 2 is 1.83 bits per heavy atom. The lowest BCUT2D eigenvalue weighted by atomic mass is 9.97. The number of aromatic nitrogens is 2. The number of hydrogen-bond donors (Lipinski definition) is 1. The molecular formula is C17H14ClF2N3. The number of nitrogens with one attached hydrogen (secondary N) is 1. The quantitative estimate of drug-likeness (QED) is 0.553. The largest absolute Gasteiger partial charge is 0.364 e. The van der Waals surface area contributed by atoms with E-state index in [1.165, 1.54) is 11.1 Å². The van der Waals surface area contributed by atoms with Crippen LogP contribution < -0.4 is 5.32 Å². The van der Waals surface area contributed by atoms with E-state index in [0.717, 1.165) is 16.3 Å². The molecule has 0 spiro atoms. The molecule has 0 atom stereocenters. The molecule has 0 radical (unpaired) electrons. The minimum absolute atomic E-state index is 0.0579. The lowest BCUT2D eigenvalue weighted by Crippen LogP contribution is -2.06. The van der Waals surface area contributed by atoms with Gasteiger partial charge in [0.25, 0.3) is 0 Å². The average molecular weight is 334 g/mol. The van der Waals surface area contributed by atoms with Crippen LogP contribution in [0.1, 0.15) is 16.7 Å². The summed E-state index contributed by atoms with van der Waals surface area (Å²) < 4.78 is 26.5. The van der Waals surface area contributed by atoms with E-state index in [-0.39, 0.29) is 10.8 Å². The van der Waals surface area contributed by atoms with E-state index in [0.29, 0.717) is 6.54 Å². The Labute approximate surface area is 137 Å². The third-order valence-electron chi connectivity index (χ3n) is 3.92. The molecule has 6 heteroatoms. The van der Waals surface area contributed by atoms with Crippen molar-refractivity contribution >= 4 is 28.2 Å². The summed E-state index contributed by atoms with van der Waals surface area (Å²) >= 11 is 5.77. The third-order valence-corrected chi connectivity index (χ3v) is 4.26. The number of halogens is 3. The van der Waals surface area contributed by atoms with Gasteiger partial charge in [0.1, 0.15) is 5.02 Å². The Bertz CT molecular complexity index is 897. The fourth-order valence-electron chi connectivity index (χ4n) is 2.53. The zero-order valence-electron chi connectivity index (χ0n) is 12.6. The standard InChI is InChI=1S/C17H14ClF2N3/c1-9-6-7-13-11(4-3-5-12(13)10(9)2)8-21-16-14(18)15(19)22-17(20)23-16/h3-7H,8H2,1-2H3,(H,21,22,23). The highest BCUT2D eigenvalue weighted by molar-refractivity contribution is 6.32. The lowest BCUT2D eigenvalue weighted by Gasteiger charge is -2.12. The smallest absolute Gasteiger partial charge is 0.313 e. The van der Waals surface area contributed by atoms with Crippen LogP contribution in [0.3, 0.4) is 0 Å². The van der Waals surface area contributed by atoms with Crippen molar-refractivity contribution in [1.82, 2.24) is 9.97 Å². The van der Waals surface area contributed by atoms with E-state index in [2.05, 4.69) is 41.3 Å². The second-order valence-corrected chi connectivity index (χ2v) is 5.70. The Balaban J connectivity index is 1.96. The van der Waals surface area contributed by atoms with Crippen LogP contribution in [0.4, 0.5) is 14.6 Å². The molecule has 0 bridgehead atoms. The highest BCUT2D eigenvalue weighted by Gasteiger charge is 2.13. The Morgan fingerprint density at radius 3 is 2.61 bits per heavy atom. The topological polar surface area (TPSA) is 37.8 Å². The molecule has 0 aliphatic rings. The molecule has 0 unspecified atom stereocenters. The molecule has 3 nitrogen and oxygen atoms in total. The van der Waals surface area contributed by atoms with Gasteiger partial charge in [-0.05, 0) is 41.3 Å². The lowest BCUT2D eigenvalue weighted by molar-refractivity contribution is 0.484. The number of hydrogen-bond acceptors (Lipinski definition) is 3. The Morgan fingerprint density at radius 1 is 1.04 bits per heavy atom. The van der Waals surface area contributed by atoms with E-state index >= 15 is 0 Å². The van der Waals surface area contributed by atoms with Gasteiger partial charge in [-0.2, -0.15) is 18.7 Å². The van der Waals surface area contributed by atoms with E-state index in [9.17, 15) is 8.78 Å². The van der Waals surface area contributed by atoms with Crippen LogP contribution in [-0.2, 0) is 6.54 Å². The zero-order chi connectivity index (χ0) is 16.6. The first-order valence-electron chi connectivity index (χ1n) is 7.07. The zero-order valence-corrected chi connectivity index (χ0v) is 13.4. The van der Waals surface area contributed by atoms with Crippen LogP contribution in [0.5, 0.6) is 0 Å². The summed E-state index contributed by atoms with van der Waals surface area (Å²) in [5.41, 5.74) is 3.41. The molecule has 2 aromatic carbocycles. The summed E-state index contributed by atoms with van der Waals surface area (Å²) in [7, 11) is 0. The number of anilines is 1. The number of benzene rings is 2. The molecule has 1 heterocycles. The van der Waals surface area contributed by atoms with Gasteiger partial charge in [-0.1, -0.05) is 41.9 Å². The molecular weight excluding hydrogens is 320 g/mol. The second kappa shape index (κ2) is 6.08. The average Bonchev–Trinajstić information content (AvgIpc) is 2.53. The van der Waals surface area contributed by atoms with E-state index in [4.69, 9.17) is 11.6 Å². The van der Waals surface area contributed by atoms with Crippen molar-refractivity contribution in [2.75, 3.05) is 5.32 Å². The van der Waals surface area contributed by atoms with Crippen LogP contribution in [0.15, 0.2) is 30.3 Å². The predicted molar refractivity (Wildman–Crippen MR) is 87.7 cm³/mol. The first-order valence-corrected chi connectivity index (χ1v) is 7.45. The van der Waals surface area contributed by atoms with Gasteiger partial charge in [-0.25, -0.2) is 0 Å². The van der Waals surface area contributed by atoms with Gasteiger partial charge in [0.05, 0.1) is 0 Å². The SMILES string of the molecule is Cc1ccc2c(CNc3nc(F)nc(F)c3Cl)cccc2c1C. The molecule has 1 aromatic heterocycles. The fourth-order valence-corrected chi connectivity index (χ4v) is 2.68. The molecule has 0 aliphatic carbocycles. The summed E-state index contributed by atoms with van der Waals surface area (Å²) in [6, 6.07) is 10.0. The van der Waals surface area contributed by atoms with Crippen LogP contribution >= 0.6 is 11.6 Å². The molecule has 3 aromatic rings. The van der Waals surface area contributed by atoms with Crippen molar-refractivity contribution in [3.05, 3.63) is 64.1 Å².